The van der Waals surface area contributed by atoms with Gasteiger partial charge in [-0.1, -0.05) is 18.2 Å². The van der Waals surface area contributed by atoms with E-state index in [0.29, 0.717) is 0 Å². The molecule has 0 aliphatic heterocycles. The molecule has 1 heterocycles. The molecular formula is C10H13N. The summed E-state index contributed by atoms with van der Waals surface area (Å²) in [5, 5.41) is 0. The minimum atomic E-state index is 1.17. The molecule has 1 N–H and O–H groups in total. The lowest BCUT2D eigenvalue weighted by atomic mass is 10.2. The molecule has 1 rings (SSSR count). The summed E-state index contributed by atoms with van der Waals surface area (Å²) in [6.07, 6.45) is 10.2. The summed E-state index contributed by atoms with van der Waals surface area (Å²) in [6, 6.07) is 2.06. The standard InChI is InChI=1S/C10H13N/c1-3-5-9-7-8-11-10(9)6-4-2/h3-8,11H,1-2H3/b5-3+,6-4-. The van der Waals surface area contributed by atoms with E-state index in [1.807, 2.05) is 32.2 Å². The van der Waals surface area contributed by atoms with Crippen LogP contribution in [0.2, 0.25) is 0 Å². The second-order valence-electron chi connectivity index (χ2n) is 2.35. The first kappa shape index (κ1) is 7.86. The first-order chi connectivity index (χ1) is 5.38. The van der Waals surface area contributed by atoms with Gasteiger partial charge in [-0.15, -0.1) is 0 Å². The topological polar surface area (TPSA) is 15.8 Å². The molecular weight excluding hydrogens is 134 g/mol. The van der Waals surface area contributed by atoms with Crippen LogP contribution in [0.1, 0.15) is 25.1 Å². The molecule has 0 amide bonds. The third-order valence-electron chi connectivity index (χ3n) is 1.49. The van der Waals surface area contributed by atoms with E-state index < -0.39 is 0 Å². The van der Waals surface area contributed by atoms with Crippen molar-refractivity contribution in [2.24, 2.45) is 0 Å². The molecule has 1 heteroatoms. The van der Waals surface area contributed by atoms with Crippen molar-refractivity contribution in [2.45, 2.75) is 13.8 Å². The van der Waals surface area contributed by atoms with Gasteiger partial charge in [-0.3, -0.25) is 0 Å². The summed E-state index contributed by atoms with van der Waals surface area (Å²) >= 11 is 0. The van der Waals surface area contributed by atoms with Crippen LogP contribution < -0.4 is 0 Å². The number of hydrogen-bond acceptors (Lipinski definition) is 0. The number of aromatic amines is 1. The molecule has 0 aliphatic rings. The maximum Gasteiger partial charge on any atom is 0.0450 e. The highest BCUT2D eigenvalue weighted by molar-refractivity contribution is 5.62. The number of allylic oxidation sites excluding steroid dienone is 2. The van der Waals surface area contributed by atoms with Crippen molar-refractivity contribution in [2.75, 3.05) is 0 Å². The maximum atomic E-state index is 3.15. The average Bonchev–Trinajstić information content (AvgIpc) is 2.39. The largest absolute Gasteiger partial charge is 0.361 e. The number of nitrogens with one attached hydrogen (secondary N) is 1. The molecule has 0 fully saturated rings. The first-order valence-corrected chi connectivity index (χ1v) is 3.81. The van der Waals surface area contributed by atoms with Crippen LogP contribution in [-0.4, -0.2) is 4.98 Å². The van der Waals surface area contributed by atoms with Gasteiger partial charge in [0, 0.05) is 11.9 Å². The fraction of sp³-hybridized carbons (Fsp3) is 0.200. The van der Waals surface area contributed by atoms with Gasteiger partial charge in [-0.05, 0) is 31.6 Å². The smallest absolute Gasteiger partial charge is 0.0450 e. The fourth-order valence-corrected chi connectivity index (χ4v) is 1.03. The van der Waals surface area contributed by atoms with Crippen LogP contribution in [0, 0.1) is 0 Å². The minimum absolute atomic E-state index is 1.17. The number of H-pyrrole nitrogens is 1. The van der Waals surface area contributed by atoms with Crippen molar-refractivity contribution in [3.05, 3.63) is 35.7 Å². The van der Waals surface area contributed by atoms with Crippen LogP contribution in [-0.2, 0) is 0 Å². The molecule has 0 aliphatic carbocycles. The van der Waals surface area contributed by atoms with Crippen molar-refractivity contribution < 1.29 is 0 Å². The van der Waals surface area contributed by atoms with Crippen LogP contribution in [0.3, 0.4) is 0 Å². The normalized spacial score (nSPS) is 11.8. The van der Waals surface area contributed by atoms with E-state index in [0.717, 1.165) is 0 Å². The van der Waals surface area contributed by atoms with E-state index in [1.165, 1.54) is 11.3 Å². The summed E-state index contributed by atoms with van der Waals surface area (Å²) in [5.41, 5.74) is 2.41. The van der Waals surface area contributed by atoms with Gasteiger partial charge in [0.1, 0.15) is 0 Å². The Kier molecular flexibility index (Phi) is 2.73. The molecule has 0 unspecified atom stereocenters. The molecule has 58 valence electrons. The number of aromatic nitrogens is 1. The molecule has 11 heavy (non-hydrogen) atoms. The molecule has 1 aromatic rings. The van der Waals surface area contributed by atoms with Gasteiger partial charge in [0.15, 0.2) is 0 Å². The molecule has 1 nitrogen and oxygen atoms in total. The van der Waals surface area contributed by atoms with Crippen LogP contribution in [0.15, 0.2) is 24.4 Å². The van der Waals surface area contributed by atoms with Crippen LogP contribution in [0.4, 0.5) is 0 Å². The van der Waals surface area contributed by atoms with Gasteiger partial charge in [0.25, 0.3) is 0 Å². The Balaban J connectivity index is 2.95. The van der Waals surface area contributed by atoms with Crippen molar-refractivity contribution in [3.8, 4) is 0 Å². The van der Waals surface area contributed by atoms with Gasteiger partial charge in [0.05, 0.1) is 0 Å². The second-order valence-corrected chi connectivity index (χ2v) is 2.35. The zero-order valence-corrected chi connectivity index (χ0v) is 6.96. The molecule has 0 aromatic carbocycles. The van der Waals surface area contributed by atoms with Gasteiger partial charge < -0.3 is 4.98 Å². The van der Waals surface area contributed by atoms with E-state index in [9.17, 15) is 0 Å². The summed E-state index contributed by atoms with van der Waals surface area (Å²) in [5.74, 6) is 0. The third-order valence-corrected chi connectivity index (χ3v) is 1.49. The van der Waals surface area contributed by atoms with Gasteiger partial charge in [-0.25, -0.2) is 0 Å². The highest BCUT2D eigenvalue weighted by Gasteiger charge is 1.93. The lowest BCUT2D eigenvalue weighted by Gasteiger charge is -1.89. The zero-order chi connectivity index (χ0) is 8.10. The molecule has 1 aromatic heterocycles. The predicted molar refractivity (Wildman–Crippen MR) is 50.2 cm³/mol. The lowest BCUT2D eigenvalue weighted by molar-refractivity contribution is 1.37. The van der Waals surface area contributed by atoms with E-state index in [4.69, 9.17) is 0 Å². The summed E-state index contributed by atoms with van der Waals surface area (Å²) in [4.78, 5) is 3.15. The van der Waals surface area contributed by atoms with Crippen molar-refractivity contribution in [1.82, 2.24) is 4.98 Å². The SMILES string of the molecule is C/C=C\c1[nH]ccc1/C=C/C. The Labute approximate surface area is 67.5 Å². The van der Waals surface area contributed by atoms with Gasteiger partial charge in [-0.2, -0.15) is 0 Å². The van der Waals surface area contributed by atoms with Crippen LogP contribution in [0.5, 0.6) is 0 Å². The molecule has 0 saturated heterocycles. The van der Waals surface area contributed by atoms with Crippen molar-refractivity contribution in [3.63, 3.8) is 0 Å². The van der Waals surface area contributed by atoms with Crippen LogP contribution >= 0.6 is 0 Å². The summed E-state index contributed by atoms with van der Waals surface area (Å²) in [7, 11) is 0. The average molecular weight is 147 g/mol. The Bertz CT molecular complexity index is 240. The van der Waals surface area contributed by atoms with Gasteiger partial charge in [0.2, 0.25) is 0 Å². The van der Waals surface area contributed by atoms with Crippen molar-refractivity contribution in [1.29, 1.82) is 0 Å². The van der Waals surface area contributed by atoms with Crippen LogP contribution in [0.25, 0.3) is 12.2 Å². The summed E-state index contributed by atoms with van der Waals surface area (Å²) in [6.45, 7) is 4.03. The molecule has 0 atom stereocenters. The van der Waals surface area contributed by atoms with Crippen molar-refractivity contribution >= 4 is 12.2 Å². The monoisotopic (exact) mass is 147 g/mol. The Hall–Kier alpha value is -1.24. The Morgan fingerprint density at radius 2 is 1.91 bits per heavy atom. The van der Waals surface area contributed by atoms with E-state index in [1.54, 1.807) is 0 Å². The van der Waals surface area contributed by atoms with E-state index in [-0.39, 0.29) is 0 Å². The van der Waals surface area contributed by atoms with E-state index in [2.05, 4.69) is 23.2 Å². The molecule has 0 radical (unpaired) electrons. The maximum absolute atomic E-state index is 3.15. The second kappa shape index (κ2) is 3.81. The fourth-order valence-electron chi connectivity index (χ4n) is 1.03. The number of hydrogen-bond donors (Lipinski definition) is 1. The first-order valence-electron chi connectivity index (χ1n) is 3.81. The highest BCUT2D eigenvalue weighted by Crippen LogP contribution is 2.10. The quantitative estimate of drug-likeness (QED) is 0.661. The number of rotatable bonds is 2. The highest BCUT2D eigenvalue weighted by atomic mass is 14.7. The molecule has 0 bridgehead atoms. The minimum Gasteiger partial charge on any atom is -0.361 e. The predicted octanol–water partition coefficient (Wildman–Crippen LogP) is 3.08. The third kappa shape index (κ3) is 1.84. The Morgan fingerprint density at radius 3 is 2.55 bits per heavy atom. The summed E-state index contributed by atoms with van der Waals surface area (Å²) < 4.78 is 0. The van der Waals surface area contributed by atoms with Gasteiger partial charge >= 0.3 is 0 Å². The zero-order valence-electron chi connectivity index (χ0n) is 6.96. The Morgan fingerprint density at radius 1 is 1.18 bits per heavy atom. The lowest BCUT2D eigenvalue weighted by Crippen LogP contribution is -1.73. The molecule has 0 spiro atoms. The molecule has 0 saturated carbocycles. The van der Waals surface area contributed by atoms with E-state index >= 15 is 0 Å².